The molecule has 36 heavy (non-hydrogen) atoms. The fourth-order valence-electron chi connectivity index (χ4n) is 3.78. The van der Waals surface area contributed by atoms with Gasteiger partial charge in [-0.2, -0.15) is 0 Å². The van der Waals surface area contributed by atoms with Gasteiger partial charge in [-0.05, 0) is 55.7 Å². The average molecular weight is 527 g/mol. The van der Waals surface area contributed by atoms with Crippen LogP contribution in [0.3, 0.4) is 0 Å². The molecule has 0 unspecified atom stereocenters. The lowest BCUT2D eigenvalue weighted by atomic mass is 10.0. The number of ether oxygens (including phenoxy) is 1. The van der Waals surface area contributed by atoms with E-state index in [0.717, 1.165) is 17.5 Å². The number of hydrogen-bond donors (Lipinski definition) is 1. The third-order valence-corrected chi connectivity index (χ3v) is 6.72. The van der Waals surface area contributed by atoms with Crippen molar-refractivity contribution in [1.82, 2.24) is 10.2 Å². The van der Waals surface area contributed by atoms with E-state index < -0.39 is 6.04 Å². The van der Waals surface area contributed by atoms with Crippen molar-refractivity contribution in [2.45, 2.75) is 52.2 Å². The van der Waals surface area contributed by atoms with Gasteiger partial charge in [0, 0.05) is 34.6 Å². The molecule has 1 N–H and O–H groups in total. The molecule has 0 radical (unpaired) electrons. The van der Waals surface area contributed by atoms with Gasteiger partial charge < -0.3 is 15.0 Å². The van der Waals surface area contributed by atoms with Crippen LogP contribution in [0.1, 0.15) is 37.0 Å². The first-order valence-corrected chi connectivity index (χ1v) is 12.8. The number of rotatable bonds is 11. The van der Waals surface area contributed by atoms with E-state index in [9.17, 15) is 9.59 Å². The number of carbonyl (C=O) groups is 2. The zero-order valence-corrected chi connectivity index (χ0v) is 22.4. The van der Waals surface area contributed by atoms with Crippen molar-refractivity contribution in [2.24, 2.45) is 0 Å². The van der Waals surface area contributed by atoms with E-state index >= 15 is 0 Å². The van der Waals surface area contributed by atoms with Crippen LogP contribution in [0, 0.1) is 6.92 Å². The number of nitrogens with one attached hydrogen (secondary N) is 1. The summed E-state index contributed by atoms with van der Waals surface area (Å²) in [6, 6.07) is 21.5. The van der Waals surface area contributed by atoms with Gasteiger partial charge in [-0.1, -0.05) is 78.7 Å². The topological polar surface area (TPSA) is 58.6 Å². The van der Waals surface area contributed by atoms with Gasteiger partial charge in [0.1, 0.15) is 11.8 Å². The van der Waals surface area contributed by atoms with Gasteiger partial charge in [-0.3, -0.25) is 9.59 Å². The van der Waals surface area contributed by atoms with Crippen molar-refractivity contribution in [2.75, 3.05) is 6.61 Å². The van der Waals surface area contributed by atoms with Crippen LogP contribution in [-0.4, -0.2) is 35.4 Å². The Morgan fingerprint density at radius 3 is 2.28 bits per heavy atom. The Balaban J connectivity index is 1.96. The number of hydrogen-bond acceptors (Lipinski definition) is 3. The summed E-state index contributed by atoms with van der Waals surface area (Å²) in [7, 11) is 0. The molecule has 0 aliphatic heterocycles. The molecule has 3 rings (SSSR count). The highest BCUT2D eigenvalue weighted by Gasteiger charge is 2.32. The van der Waals surface area contributed by atoms with Gasteiger partial charge in [-0.25, -0.2) is 0 Å². The second kappa shape index (κ2) is 13.3. The van der Waals surface area contributed by atoms with Gasteiger partial charge in [0.15, 0.2) is 6.61 Å². The lowest BCUT2D eigenvalue weighted by Gasteiger charge is -2.32. The van der Waals surface area contributed by atoms with Gasteiger partial charge in [-0.15, -0.1) is 0 Å². The first-order chi connectivity index (χ1) is 17.3. The molecule has 7 heteroatoms. The Kier molecular flexibility index (Phi) is 10.2. The quantitative estimate of drug-likeness (QED) is 0.322. The summed E-state index contributed by atoms with van der Waals surface area (Å²) < 4.78 is 5.82. The molecular formula is C29H32Cl2N2O3. The van der Waals surface area contributed by atoms with Gasteiger partial charge in [0.2, 0.25) is 5.91 Å². The number of amides is 2. The van der Waals surface area contributed by atoms with Crippen LogP contribution in [0.25, 0.3) is 0 Å². The molecule has 0 saturated carbocycles. The van der Waals surface area contributed by atoms with E-state index in [1.54, 1.807) is 24.3 Å². The van der Waals surface area contributed by atoms with E-state index in [4.69, 9.17) is 27.9 Å². The molecule has 0 aliphatic carbocycles. The number of nitrogens with zero attached hydrogens (tertiary/aromatic N) is 1. The maximum Gasteiger partial charge on any atom is 0.261 e. The molecule has 0 aliphatic rings. The Morgan fingerprint density at radius 2 is 1.64 bits per heavy atom. The molecule has 0 aromatic heterocycles. The van der Waals surface area contributed by atoms with Crippen LogP contribution in [0.5, 0.6) is 5.75 Å². The maximum atomic E-state index is 13.7. The zero-order chi connectivity index (χ0) is 26.1. The third-order valence-electron chi connectivity index (χ3n) is 6.01. The van der Waals surface area contributed by atoms with E-state index in [0.29, 0.717) is 27.8 Å². The third kappa shape index (κ3) is 7.74. The predicted octanol–water partition coefficient (Wildman–Crippen LogP) is 6.24. The smallest absolute Gasteiger partial charge is 0.261 e. The monoisotopic (exact) mass is 526 g/mol. The van der Waals surface area contributed by atoms with Crippen LogP contribution in [-0.2, 0) is 22.6 Å². The molecule has 0 saturated heterocycles. The summed E-state index contributed by atoms with van der Waals surface area (Å²) in [5, 5.41) is 3.90. The van der Waals surface area contributed by atoms with Gasteiger partial charge in [0.05, 0.1) is 0 Å². The van der Waals surface area contributed by atoms with Crippen LogP contribution in [0.2, 0.25) is 10.0 Å². The molecule has 0 bridgehead atoms. The second-order valence-electron chi connectivity index (χ2n) is 8.85. The number of aryl methyl sites for hydroxylation is 1. The van der Waals surface area contributed by atoms with E-state index in [1.807, 2.05) is 69.3 Å². The van der Waals surface area contributed by atoms with E-state index in [-0.39, 0.29) is 31.0 Å². The molecule has 190 valence electrons. The summed E-state index contributed by atoms with van der Waals surface area (Å²) in [6.07, 6.45) is 1.10. The van der Waals surface area contributed by atoms with E-state index in [1.165, 1.54) is 4.90 Å². The molecule has 2 atom stereocenters. The molecule has 2 amide bonds. The van der Waals surface area contributed by atoms with Crippen LogP contribution in [0.15, 0.2) is 72.8 Å². The first kappa shape index (κ1) is 27.6. The Labute approximate surface area is 223 Å². The minimum absolute atomic E-state index is 0.0415. The highest BCUT2D eigenvalue weighted by Crippen LogP contribution is 2.27. The summed E-state index contributed by atoms with van der Waals surface area (Å²) in [6.45, 7) is 5.73. The number of halogens is 2. The summed E-state index contributed by atoms with van der Waals surface area (Å²) >= 11 is 12.9. The van der Waals surface area contributed by atoms with E-state index in [2.05, 4.69) is 5.32 Å². The van der Waals surface area contributed by atoms with Crippen molar-refractivity contribution >= 4 is 35.0 Å². The van der Waals surface area contributed by atoms with Crippen molar-refractivity contribution in [3.05, 3.63) is 99.5 Å². The molecular weight excluding hydrogens is 495 g/mol. The van der Waals surface area contributed by atoms with Crippen molar-refractivity contribution < 1.29 is 14.3 Å². The molecule has 0 fully saturated rings. The largest absolute Gasteiger partial charge is 0.484 e. The highest BCUT2D eigenvalue weighted by molar-refractivity contribution is 6.36. The van der Waals surface area contributed by atoms with Crippen LogP contribution >= 0.6 is 23.2 Å². The fraction of sp³-hybridized carbons (Fsp3) is 0.310. The minimum Gasteiger partial charge on any atom is -0.484 e. The Morgan fingerprint density at radius 1 is 0.972 bits per heavy atom. The van der Waals surface area contributed by atoms with Crippen molar-refractivity contribution in [1.29, 1.82) is 0 Å². The van der Waals surface area contributed by atoms with Gasteiger partial charge >= 0.3 is 0 Å². The Hall–Kier alpha value is -3.02. The summed E-state index contributed by atoms with van der Waals surface area (Å²) in [5.74, 6) is 0.00996. The lowest BCUT2D eigenvalue weighted by Crippen LogP contribution is -2.53. The fourth-order valence-corrected chi connectivity index (χ4v) is 4.30. The minimum atomic E-state index is -0.789. The molecule has 3 aromatic rings. The molecule has 3 aromatic carbocycles. The van der Waals surface area contributed by atoms with Crippen molar-refractivity contribution in [3.8, 4) is 5.75 Å². The molecule has 0 spiro atoms. The summed E-state index contributed by atoms with van der Waals surface area (Å²) in [5.41, 5.74) is 2.54. The lowest BCUT2D eigenvalue weighted by molar-refractivity contribution is -0.143. The number of carbonyl (C=O) groups excluding carboxylic acids is 2. The average Bonchev–Trinajstić information content (AvgIpc) is 2.86. The Bertz CT molecular complexity index is 1150. The summed E-state index contributed by atoms with van der Waals surface area (Å²) in [4.78, 5) is 28.7. The standard InChI is InChI=1S/C29H32Cl2N2O3/c1-4-21(3)32-29(35)27(17-22-11-6-5-7-12-22)33(18-24-25(30)14-9-15-26(24)31)28(34)19-36-23-13-8-10-20(2)16-23/h5-16,21,27H,4,17-19H2,1-3H3,(H,32,35)/t21-,27+/m0/s1. The first-order valence-electron chi connectivity index (χ1n) is 12.0. The molecule has 5 nitrogen and oxygen atoms in total. The van der Waals surface area contributed by atoms with Crippen LogP contribution < -0.4 is 10.1 Å². The molecule has 0 heterocycles. The predicted molar refractivity (Wildman–Crippen MR) is 146 cm³/mol. The SMILES string of the molecule is CC[C@H](C)NC(=O)[C@@H](Cc1ccccc1)N(Cc1c(Cl)cccc1Cl)C(=O)COc1cccc(C)c1. The van der Waals surface area contributed by atoms with Gasteiger partial charge in [0.25, 0.3) is 5.91 Å². The zero-order valence-electron chi connectivity index (χ0n) is 20.8. The second-order valence-corrected chi connectivity index (χ2v) is 9.66. The maximum absolute atomic E-state index is 13.7. The van der Waals surface area contributed by atoms with Crippen molar-refractivity contribution in [3.63, 3.8) is 0 Å². The highest BCUT2D eigenvalue weighted by atomic mass is 35.5. The number of benzene rings is 3. The normalized spacial score (nSPS) is 12.5. The van der Waals surface area contributed by atoms with Crippen LogP contribution in [0.4, 0.5) is 0 Å².